The number of aromatic nitrogens is 3. The van der Waals surface area contributed by atoms with Gasteiger partial charge in [-0.3, -0.25) is 0 Å². The Morgan fingerprint density at radius 2 is 1.06 bits per heavy atom. The minimum Gasteiger partial charge on any atom is -0.452 e. The summed E-state index contributed by atoms with van der Waals surface area (Å²) in [6.45, 7) is 0. The highest BCUT2D eigenvalue weighted by Crippen LogP contribution is 2.58. The third kappa shape index (κ3) is 4.49. The van der Waals surface area contributed by atoms with Crippen LogP contribution in [0.15, 0.2) is 158 Å². The monoisotopic (exact) mass is 646 g/mol. The van der Waals surface area contributed by atoms with Gasteiger partial charge in [-0.15, -0.1) is 11.3 Å². The maximum atomic E-state index is 6.82. The van der Waals surface area contributed by atoms with E-state index in [9.17, 15) is 0 Å². The van der Waals surface area contributed by atoms with E-state index in [-0.39, 0.29) is 0 Å². The average Bonchev–Trinajstić information content (AvgIpc) is 3.58. The number of thiophene rings is 1. The zero-order valence-electron chi connectivity index (χ0n) is 26.1. The smallest absolute Gasteiger partial charge is 0.164 e. The maximum Gasteiger partial charge on any atom is 0.164 e. The molecule has 1 aliphatic rings. The molecule has 0 atom stereocenters. The van der Waals surface area contributed by atoms with Crippen LogP contribution in [0.2, 0.25) is 0 Å². The van der Waals surface area contributed by atoms with Crippen LogP contribution in [-0.2, 0) is 0 Å². The van der Waals surface area contributed by atoms with E-state index in [2.05, 4.69) is 89.8 Å². The van der Waals surface area contributed by atoms with Gasteiger partial charge in [-0.05, 0) is 35.7 Å². The molecule has 1 aliphatic heterocycles. The number of hydrogen-bond donors (Lipinski definition) is 0. The Kier molecular flexibility index (Phi) is 6.29. The summed E-state index contributed by atoms with van der Waals surface area (Å²) < 4.78 is 9.26. The SMILES string of the molecule is c1ccc(-c2nc(-c3ccccc3)nc(-c3cccc(N4c5ccccc5Oc5c4c4sc6ccccc6c4c4ccccc54)c3)n2)cc1. The van der Waals surface area contributed by atoms with Crippen LogP contribution in [0.4, 0.5) is 17.1 Å². The number of ether oxygens (including phenoxy) is 1. The van der Waals surface area contributed by atoms with Crippen molar-refractivity contribution in [2.24, 2.45) is 0 Å². The summed E-state index contributed by atoms with van der Waals surface area (Å²) in [4.78, 5) is 17.3. The summed E-state index contributed by atoms with van der Waals surface area (Å²) >= 11 is 1.81. The fourth-order valence-corrected chi connectivity index (χ4v) is 8.11. The summed E-state index contributed by atoms with van der Waals surface area (Å²) in [6.07, 6.45) is 0. The molecule has 10 rings (SSSR count). The lowest BCUT2D eigenvalue weighted by atomic mass is 9.99. The fraction of sp³-hybridized carbons (Fsp3) is 0. The van der Waals surface area contributed by atoms with E-state index in [1.807, 2.05) is 84.1 Å². The molecule has 0 spiro atoms. The third-order valence-corrected chi connectivity index (χ3v) is 10.2. The molecule has 9 aromatic rings. The molecule has 0 aliphatic carbocycles. The molecule has 0 N–H and O–H groups in total. The number of benzene rings is 7. The van der Waals surface area contributed by atoms with Gasteiger partial charge in [0.1, 0.15) is 5.69 Å². The van der Waals surface area contributed by atoms with Crippen molar-refractivity contribution in [3.63, 3.8) is 0 Å². The van der Waals surface area contributed by atoms with E-state index in [4.69, 9.17) is 19.7 Å². The van der Waals surface area contributed by atoms with Crippen LogP contribution < -0.4 is 9.64 Å². The highest BCUT2D eigenvalue weighted by molar-refractivity contribution is 7.26. The Labute approximate surface area is 286 Å². The Bertz CT molecular complexity index is 2650. The lowest BCUT2D eigenvalue weighted by Gasteiger charge is -2.34. The Hall–Kier alpha value is -6.37. The molecule has 3 heterocycles. The molecule has 7 aromatic carbocycles. The highest BCUT2D eigenvalue weighted by atomic mass is 32.1. The average molecular weight is 647 g/mol. The minimum atomic E-state index is 0.613. The first-order valence-electron chi connectivity index (χ1n) is 16.2. The van der Waals surface area contributed by atoms with Gasteiger partial charge < -0.3 is 9.64 Å². The van der Waals surface area contributed by atoms with Crippen molar-refractivity contribution in [2.45, 2.75) is 0 Å². The molecule has 5 nitrogen and oxygen atoms in total. The maximum absolute atomic E-state index is 6.82. The number of anilines is 3. The molecular formula is C43H26N4OS. The van der Waals surface area contributed by atoms with Crippen molar-refractivity contribution >= 4 is 59.3 Å². The molecule has 0 radical (unpaired) electrons. The summed E-state index contributed by atoms with van der Waals surface area (Å²) in [6, 6.07) is 54.2. The van der Waals surface area contributed by atoms with Gasteiger partial charge in [-0.1, -0.05) is 127 Å². The quantitative estimate of drug-likeness (QED) is 0.190. The molecule has 0 amide bonds. The number of nitrogens with zero attached hydrogens (tertiary/aromatic N) is 4. The molecule has 0 unspecified atom stereocenters. The predicted octanol–water partition coefficient (Wildman–Crippen LogP) is 12.0. The first-order valence-corrected chi connectivity index (χ1v) is 17.0. The molecule has 0 saturated carbocycles. The predicted molar refractivity (Wildman–Crippen MR) is 201 cm³/mol. The Morgan fingerprint density at radius 3 is 1.80 bits per heavy atom. The molecule has 0 bridgehead atoms. The fourth-order valence-electron chi connectivity index (χ4n) is 6.86. The molecular weight excluding hydrogens is 621 g/mol. The van der Waals surface area contributed by atoms with E-state index in [0.717, 1.165) is 50.6 Å². The second-order valence-electron chi connectivity index (χ2n) is 12.0. The zero-order valence-corrected chi connectivity index (χ0v) is 26.9. The van der Waals surface area contributed by atoms with E-state index in [0.29, 0.717) is 17.5 Å². The van der Waals surface area contributed by atoms with Gasteiger partial charge in [-0.2, -0.15) is 0 Å². The van der Waals surface area contributed by atoms with Gasteiger partial charge in [0, 0.05) is 43.2 Å². The molecule has 2 aromatic heterocycles. The molecule has 6 heteroatoms. The van der Waals surface area contributed by atoms with Crippen molar-refractivity contribution in [1.82, 2.24) is 15.0 Å². The van der Waals surface area contributed by atoms with Gasteiger partial charge >= 0.3 is 0 Å². The Balaban J connectivity index is 1.23. The van der Waals surface area contributed by atoms with Crippen molar-refractivity contribution in [2.75, 3.05) is 4.90 Å². The van der Waals surface area contributed by atoms with Crippen LogP contribution in [0.1, 0.15) is 0 Å². The van der Waals surface area contributed by atoms with E-state index in [1.165, 1.54) is 25.6 Å². The number of rotatable bonds is 4. The second-order valence-corrected chi connectivity index (χ2v) is 13.1. The summed E-state index contributed by atoms with van der Waals surface area (Å²) in [7, 11) is 0. The number of para-hydroxylation sites is 2. The summed E-state index contributed by atoms with van der Waals surface area (Å²) in [5, 5.41) is 4.77. The summed E-state index contributed by atoms with van der Waals surface area (Å²) in [5.74, 6) is 3.55. The second kappa shape index (κ2) is 11.1. The van der Waals surface area contributed by atoms with Crippen LogP contribution in [0.5, 0.6) is 11.5 Å². The van der Waals surface area contributed by atoms with Crippen LogP contribution >= 0.6 is 11.3 Å². The first kappa shape index (κ1) is 27.7. The third-order valence-electron chi connectivity index (χ3n) is 9.07. The van der Waals surface area contributed by atoms with Crippen molar-refractivity contribution < 1.29 is 4.74 Å². The minimum absolute atomic E-state index is 0.613. The van der Waals surface area contributed by atoms with E-state index < -0.39 is 0 Å². The first-order chi connectivity index (χ1) is 24.3. The van der Waals surface area contributed by atoms with Gasteiger partial charge in [0.25, 0.3) is 0 Å². The highest BCUT2D eigenvalue weighted by Gasteiger charge is 2.31. The number of hydrogen-bond acceptors (Lipinski definition) is 6. The lowest BCUT2D eigenvalue weighted by molar-refractivity contribution is 0.483. The molecule has 230 valence electrons. The van der Waals surface area contributed by atoms with Gasteiger partial charge in [0.05, 0.1) is 10.4 Å². The van der Waals surface area contributed by atoms with Gasteiger partial charge in [-0.25, -0.2) is 15.0 Å². The normalized spacial score (nSPS) is 12.2. The molecule has 49 heavy (non-hydrogen) atoms. The van der Waals surface area contributed by atoms with Crippen LogP contribution in [0.25, 0.3) is 65.1 Å². The summed E-state index contributed by atoms with van der Waals surface area (Å²) in [5.41, 5.74) is 5.78. The molecule has 0 fully saturated rings. The topological polar surface area (TPSA) is 51.1 Å². The molecule has 0 saturated heterocycles. The van der Waals surface area contributed by atoms with Gasteiger partial charge in [0.2, 0.25) is 0 Å². The largest absolute Gasteiger partial charge is 0.452 e. The van der Waals surface area contributed by atoms with E-state index in [1.54, 1.807) is 0 Å². The van der Waals surface area contributed by atoms with Crippen molar-refractivity contribution in [3.8, 4) is 45.7 Å². The van der Waals surface area contributed by atoms with Crippen LogP contribution in [0.3, 0.4) is 0 Å². The lowest BCUT2D eigenvalue weighted by Crippen LogP contribution is -2.16. The standard InChI is InChI=1S/C43H26N4OS/c1-3-14-27(15-4-1)41-44-42(28-16-5-2-6-17-28)46-43(45-41)29-18-13-19-30(26-29)47-34-23-10-11-24-35(34)48-39-32-21-8-7-20-31(32)37-33-22-9-12-25-36(33)49-40(37)38(39)47/h1-26H. The van der Waals surface area contributed by atoms with E-state index >= 15 is 0 Å². The van der Waals surface area contributed by atoms with Crippen molar-refractivity contribution in [3.05, 3.63) is 158 Å². The number of fused-ring (bicyclic) bond motifs is 9. The van der Waals surface area contributed by atoms with Crippen LogP contribution in [0, 0.1) is 0 Å². The zero-order chi connectivity index (χ0) is 32.3. The van der Waals surface area contributed by atoms with Crippen molar-refractivity contribution in [1.29, 1.82) is 0 Å². The van der Waals surface area contributed by atoms with Crippen LogP contribution in [-0.4, -0.2) is 15.0 Å². The van der Waals surface area contributed by atoms with Gasteiger partial charge in [0.15, 0.2) is 29.0 Å². The Morgan fingerprint density at radius 1 is 0.490 bits per heavy atom.